The summed E-state index contributed by atoms with van der Waals surface area (Å²) in [6.07, 6.45) is 3.11. The van der Waals surface area contributed by atoms with Gasteiger partial charge < -0.3 is 15.5 Å². The van der Waals surface area contributed by atoms with E-state index in [1.165, 1.54) is 0 Å². The van der Waals surface area contributed by atoms with E-state index in [-0.39, 0.29) is 11.9 Å². The molecule has 27 heavy (non-hydrogen) atoms. The Kier molecular flexibility index (Phi) is 8.35. The Morgan fingerprint density at radius 2 is 2.04 bits per heavy atom. The zero-order valence-electron chi connectivity index (χ0n) is 18.2. The molecule has 3 atom stereocenters. The summed E-state index contributed by atoms with van der Waals surface area (Å²) in [4.78, 5) is 23.2. The van der Waals surface area contributed by atoms with Crippen LogP contribution < -0.4 is 10.6 Å². The minimum Gasteiger partial charge on any atom is -0.356 e. The van der Waals surface area contributed by atoms with Crippen molar-refractivity contribution in [3.05, 3.63) is 0 Å². The maximum Gasteiger partial charge on any atom is 0.239 e. The predicted molar refractivity (Wildman–Crippen MR) is 112 cm³/mol. The van der Waals surface area contributed by atoms with Crippen molar-refractivity contribution >= 4 is 11.9 Å². The van der Waals surface area contributed by atoms with Gasteiger partial charge in [0.15, 0.2) is 5.96 Å². The lowest BCUT2D eigenvalue weighted by atomic mass is 10.1. The standard InChI is InChI=1S/C20H40N6O/c1-15(2)26-13-16(3)17(14-26)23-20(21-4)22-10-8-12-25-11-7-9-18(25)19(27)24(5)6/h15-18H,7-14H2,1-6H3,(H2,21,22,23). The maximum atomic E-state index is 12.3. The van der Waals surface area contributed by atoms with Gasteiger partial charge >= 0.3 is 0 Å². The van der Waals surface area contributed by atoms with Crippen molar-refractivity contribution in [1.82, 2.24) is 25.3 Å². The monoisotopic (exact) mass is 380 g/mol. The average molecular weight is 381 g/mol. The summed E-state index contributed by atoms with van der Waals surface area (Å²) in [7, 11) is 5.53. The van der Waals surface area contributed by atoms with Crippen molar-refractivity contribution in [2.45, 2.75) is 58.2 Å². The Labute approximate surface area is 165 Å². The van der Waals surface area contributed by atoms with Gasteiger partial charge in [-0.3, -0.25) is 19.6 Å². The molecule has 2 heterocycles. The van der Waals surface area contributed by atoms with Crippen LogP contribution in [0.25, 0.3) is 0 Å². The van der Waals surface area contributed by atoms with E-state index in [0.717, 1.165) is 57.9 Å². The first-order valence-electron chi connectivity index (χ1n) is 10.5. The van der Waals surface area contributed by atoms with Crippen LogP contribution in [0.15, 0.2) is 4.99 Å². The molecule has 7 heteroatoms. The molecule has 156 valence electrons. The number of carbonyl (C=O) groups excluding carboxylic acids is 1. The molecular formula is C20H40N6O. The Balaban J connectivity index is 1.71. The minimum absolute atomic E-state index is 0.0683. The van der Waals surface area contributed by atoms with Crippen molar-refractivity contribution in [3.63, 3.8) is 0 Å². The first-order chi connectivity index (χ1) is 12.8. The highest BCUT2D eigenvalue weighted by molar-refractivity contribution is 5.81. The molecule has 3 unspecified atom stereocenters. The van der Waals surface area contributed by atoms with Crippen molar-refractivity contribution in [2.75, 3.05) is 53.9 Å². The van der Waals surface area contributed by atoms with E-state index >= 15 is 0 Å². The molecule has 2 fully saturated rings. The lowest BCUT2D eigenvalue weighted by molar-refractivity contribution is -0.133. The number of likely N-dealkylation sites (tertiary alicyclic amines) is 2. The van der Waals surface area contributed by atoms with Crippen molar-refractivity contribution in [3.8, 4) is 0 Å². The second kappa shape index (κ2) is 10.3. The number of amides is 1. The van der Waals surface area contributed by atoms with Gasteiger partial charge in [0.1, 0.15) is 0 Å². The fourth-order valence-electron chi connectivity index (χ4n) is 4.14. The molecule has 2 N–H and O–H groups in total. The van der Waals surface area contributed by atoms with Crippen LogP contribution in [0.5, 0.6) is 0 Å². The second-order valence-electron chi connectivity index (χ2n) is 8.55. The van der Waals surface area contributed by atoms with Crippen LogP contribution in [0.3, 0.4) is 0 Å². The van der Waals surface area contributed by atoms with Crippen LogP contribution in [-0.4, -0.2) is 98.6 Å². The van der Waals surface area contributed by atoms with E-state index in [1.54, 1.807) is 4.90 Å². The molecule has 0 aromatic rings. The number of nitrogens with zero attached hydrogens (tertiary/aromatic N) is 4. The van der Waals surface area contributed by atoms with Gasteiger partial charge in [0.05, 0.1) is 6.04 Å². The summed E-state index contributed by atoms with van der Waals surface area (Å²) in [5.74, 6) is 1.75. The zero-order valence-corrected chi connectivity index (χ0v) is 18.2. The first-order valence-corrected chi connectivity index (χ1v) is 10.5. The van der Waals surface area contributed by atoms with Crippen molar-refractivity contribution in [1.29, 1.82) is 0 Å². The van der Waals surface area contributed by atoms with E-state index in [1.807, 2.05) is 21.1 Å². The number of aliphatic imine (C=N–C) groups is 1. The maximum absolute atomic E-state index is 12.3. The molecule has 0 spiro atoms. The summed E-state index contributed by atoms with van der Waals surface area (Å²) >= 11 is 0. The van der Waals surface area contributed by atoms with Gasteiger partial charge in [-0.15, -0.1) is 0 Å². The number of nitrogens with one attached hydrogen (secondary N) is 2. The van der Waals surface area contributed by atoms with E-state index in [2.05, 4.69) is 46.2 Å². The molecule has 0 aromatic carbocycles. The van der Waals surface area contributed by atoms with Crippen LogP contribution in [0, 0.1) is 5.92 Å². The fraction of sp³-hybridized carbons (Fsp3) is 0.900. The molecule has 2 aliphatic rings. The van der Waals surface area contributed by atoms with E-state index in [4.69, 9.17) is 0 Å². The summed E-state index contributed by atoms with van der Waals surface area (Å²) in [6, 6.07) is 1.10. The van der Waals surface area contributed by atoms with Crippen LogP contribution in [-0.2, 0) is 4.79 Å². The number of carbonyl (C=O) groups is 1. The van der Waals surface area contributed by atoms with Crippen LogP contribution >= 0.6 is 0 Å². The first kappa shape index (κ1) is 22.0. The molecule has 1 amide bonds. The van der Waals surface area contributed by atoms with Gasteiger partial charge in [0, 0.05) is 59.4 Å². The van der Waals surface area contributed by atoms with Gasteiger partial charge in [0.2, 0.25) is 5.91 Å². The van der Waals surface area contributed by atoms with E-state index in [0.29, 0.717) is 18.0 Å². The zero-order chi connectivity index (χ0) is 20.0. The summed E-state index contributed by atoms with van der Waals surface area (Å²) < 4.78 is 0. The highest BCUT2D eigenvalue weighted by Crippen LogP contribution is 2.19. The summed E-state index contributed by atoms with van der Waals surface area (Å²) in [6.45, 7) is 11.9. The van der Waals surface area contributed by atoms with Crippen molar-refractivity contribution in [2.24, 2.45) is 10.9 Å². The Bertz CT molecular complexity index is 507. The Morgan fingerprint density at radius 1 is 1.30 bits per heavy atom. The topological polar surface area (TPSA) is 63.2 Å². The predicted octanol–water partition coefficient (Wildman–Crippen LogP) is 0.823. The molecule has 2 aliphatic heterocycles. The molecule has 2 rings (SSSR count). The highest BCUT2D eigenvalue weighted by Gasteiger charge is 2.32. The Hall–Kier alpha value is -1.34. The number of likely N-dealkylation sites (N-methyl/N-ethyl adjacent to an activating group) is 1. The lowest BCUT2D eigenvalue weighted by Crippen LogP contribution is -2.47. The molecule has 0 aliphatic carbocycles. The lowest BCUT2D eigenvalue weighted by Gasteiger charge is -2.26. The third kappa shape index (κ3) is 6.07. The third-order valence-electron chi connectivity index (χ3n) is 5.92. The summed E-state index contributed by atoms with van der Waals surface area (Å²) in [5, 5.41) is 7.04. The normalized spacial score (nSPS) is 27.4. The van der Waals surface area contributed by atoms with Gasteiger partial charge in [-0.1, -0.05) is 6.92 Å². The van der Waals surface area contributed by atoms with Crippen LogP contribution in [0.1, 0.15) is 40.0 Å². The quantitative estimate of drug-likeness (QED) is 0.389. The summed E-state index contributed by atoms with van der Waals surface area (Å²) in [5.41, 5.74) is 0. The van der Waals surface area contributed by atoms with Crippen LogP contribution in [0.2, 0.25) is 0 Å². The molecule has 0 bridgehead atoms. The molecule has 2 saturated heterocycles. The highest BCUT2D eigenvalue weighted by atomic mass is 16.2. The number of rotatable bonds is 7. The molecule has 7 nitrogen and oxygen atoms in total. The number of hydrogen-bond acceptors (Lipinski definition) is 4. The third-order valence-corrected chi connectivity index (χ3v) is 5.92. The number of hydrogen-bond donors (Lipinski definition) is 2. The van der Waals surface area contributed by atoms with Gasteiger partial charge in [-0.2, -0.15) is 0 Å². The molecule has 0 saturated carbocycles. The molecule has 0 radical (unpaired) electrons. The smallest absolute Gasteiger partial charge is 0.239 e. The van der Waals surface area contributed by atoms with E-state index < -0.39 is 0 Å². The number of guanidine groups is 1. The molecular weight excluding hydrogens is 340 g/mol. The largest absolute Gasteiger partial charge is 0.356 e. The van der Waals surface area contributed by atoms with Gasteiger partial charge in [-0.05, 0) is 45.6 Å². The SMILES string of the molecule is CN=C(NCCCN1CCCC1C(=O)N(C)C)NC1CN(C(C)C)CC1C. The van der Waals surface area contributed by atoms with Gasteiger partial charge in [0.25, 0.3) is 0 Å². The van der Waals surface area contributed by atoms with E-state index in [9.17, 15) is 4.79 Å². The second-order valence-corrected chi connectivity index (χ2v) is 8.55. The van der Waals surface area contributed by atoms with Gasteiger partial charge in [-0.25, -0.2) is 0 Å². The van der Waals surface area contributed by atoms with Crippen LogP contribution in [0.4, 0.5) is 0 Å². The molecule has 0 aromatic heterocycles. The van der Waals surface area contributed by atoms with Crippen molar-refractivity contribution < 1.29 is 4.79 Å². The Morgan fingerprint density at radius 3 is 2.63 bits per heavy atom. The minimum atomic E-state index is 0.0683. The average Bonchev–Trinajstić information content (AvgIpc) is 3.23. The fourth-order valence-corrected chi connectivity index (χ4v) is 4.14.